The number of carboxylic acid groups (broad SMARTS) is 1. The van der Waals surface area contributed by atoms with E-state index in [1.807, 2.05) is 39.0 Å². The fraction of sp³-hybridized carbons (Fsp3) is 0.316. The molecule has 0 aliphatic rings. The SMILES string of the molecule is Cc1cc(OCc2c(C)cccc2C(O)C(=O)O)cc(C)c1C. The van der Waals surface area contributed by atoms with E-state index in [9.17, 15) is 9.90 Å². The predicted molar refractivity (Wildman–Crippen MR) is 88.8 cm³/mol. The van der Waals surface area contributed by atoms with Gasteiger partial charge in [0.1, 0.15) is 12.4 Å². The Labute approximate surface area is 136 Å². The van der Waals surface area contributed by atoms with E-state index in [4.69, 9.17) is 9.84 Å². The summed E-state index contributed by atoms with van der Waals surface area (Å²) in [5.41, 5.74) is 5.50. The number of aryl methyl sites for hydroxylation is 3. The van der Waals surface area contributed by atoms with Crippen molar-refractivity contribution < 1.29 is 19.7 Å². The van der Waals surface area contributed by atoms with Gasteiger partial charge in [0.15, 0.2) is 6.10 Å². The molecule has 0 aliphatic heterocycles. The topological polar surface area (TPSA) is 66.8 Å². The third kappa shape index (κ3) is 3.71. The summed E-state index contributed by atoms with van der Waals surface area (Å²) in [7, 11) is 0. The molecule has 1 atom stereocenters. The third-order valence-electron chi connectivity index (χ3n) is 4.26. The molecule has 2 rings (SSSR count). The van der Waals surface area contributed by atoms with Gasteiger partial charge in [0, 0.05) is 0 Å². The molecule has 122 valence electrons. The molecule has 4 nitrogen and oxygen atoms in total. The van der Waals surface area contributed by atoms with Gasteiger partial charge in [-0.05, 0) is 73.2 Å². The predicted octanol–water partition coefficient (Wildman–Crippen LogP) is 3.62. The average molecular weight is 314 g/mol. The molecule has 4 heteroatoms. The molecular formula is C19H22O4. The Morgan fingerprint density at radius 3 is 2.26 bits per heavy atom. The number of aliphatic hydroxyl groups excluding tert-OH is 1. The summed E-state index contributed by atoms with van der Waals surface area (Å²) in [4.78, 5) is 11.1. The molecule has 1 unspecified atom stereocenters. The number of hydrogen-bond donors (Lipinski definition) is 2. The molecule has 0 saturated carbocycles. The van der Waals surface area contributed by atoms with E-state index in [2.05, 4.69) is 6.92 Å². The number of aliphatic carboxylic acids is 1. The lowest BCUT2D eigenvalue weighted by molar-refractivity contribution is -0.147. The van der Waals surface area contributed by atoms with Gasteiger partial charge in [0.25, 0.3) is 0 Å². The van der Waals surface area contributed by atoms with Gasteiger partial charge in [0.2, 0.25) is 0 Å². The zero-order valence-corrected chi connectivity index (χ0v) is 13.9. The first-order valence-corrected chi connectivity index (χ1v) is 7.51. The van der Waals surface area contributed by atoms with E-state index in [-0.39, 0.29) is 6.61 Å². The Kier molecular flexibility index (Phi) is 5.06. The van der Waals surface area contributed by atoms with Gasteiger partial charge in [-0.15, -0.1) is 0 Å². The number of ether oxygens (including phenoxy) is 1. The Balaban J connectivity index is 2.29. The smallest absolute Gasteiger partial charge is 0.337 e. The molecule has 2 aromatic carbocycles. The van der Waals surface area contributed by atoms with Crippen molar-refractivity contribution in [3.63, 3.8) is 0 Å². The van der Waals surface area contributed by atoms with Crippen LogP contribution >= 0.6 is 0 Å². The van der Waals surface area contributed by atoms with E-state index in [1.54, 1.807) is 12.1 Å². The minimum atomic E-state index is -1.55. The summed E-state index contributed by atoms with van der Waals surface area (Å²) in [6, 6.07) is 9.17. The summed E-state index contributed by atoms with van der Waals surface area (Å²) in [5.74, 6) is -0.525. The second kappa shape index (κ2) is 6.84. The van der Waals surface area contributed by atoms with Crippen LogP contribution in [0.4, 0.5) is 0 Å². The molecule has 0 radical (unpaired) electrons. The van der Waals surface area contributed by atoms with Crippen molar-refractivity contribution in [1.29, 1.82) is 0 Å². The summed E-state index contributed by atoms with van der Waals surface area (Å²) >= 11 is 0. The monoisotopic (exact) mass is 314 g/mol. The molecule has 0 bridgehead atoms. The van der Waals surface area contributed by atoms with Crippen molar-refractivity contribution in [2.45, 2.75) is 40.4 Å². The highest BCUT2D eigenvalue weighted by atomic mass is 16.5. The van der Waals surface area contributed by atoms with Crippen LogP contribution in [-0.4, -0.2) is 16.2 Å². The third-order valence-corrected chi connectivity index (χ3v) is 4.26. The van der Waals surface area contributed by atoms with Crippen LogP contribution in [0, 0.1) is 27.7 Å². The number of carbonyl (C=O) groups is 1. The van der Waals surface area contributed by atoms with Gasteiger partial charge in [-0.1, -0.05) is 18.2 Å². The van der Waals surface area contributed by atoms with E-state index in [0.717, 1.165) is 22.4 Å². The Morgan fingerprint density at radius 2 is 1.70 bits per heavy atom. The second-order valence-corrected chi connectivity index (χ2v) is 5.85. The fourth-order valence-corrected chi connectivity index (χ4v) is 2.55. The molecule has 0 saturated heterocycles. The lowest BCUT2D eigenvalue weighted by atomic mass is 9.98. The molecule has 2 aromatic rings. The van der Waals surface area contributed by atoms with Crippen LogP contribution in [-0.2, 0) is 11.4 Å². The van der Waals surface area contributed by atoms with Gasteiger partial charge in [-0.25, -0.2) is 4.79 Å². The van der Waals surface area contributed by atoms with Crippen molar-refractivity contribution in [2.24, 2.45) is 0 Å². The van der Waals surface area contributed by atoms with Gasteiger partial charge in [-0.2, -0.15) is 0 Å². The summed E-state index contributed by atoms with van der Waals surface area (Å²) in [6.07, 6.45) is -1.55. The highest BCUT2D eigenvalue weighted by molar-refractivity contribution is 5.74. The van der Waals surface area contributed by atoms with Crippen molar-refractivity contribution >= 4 is 5.97 Å². The van der Waals surface area contributed by atoms with E-state index < -0.39 is 12.1 Å². The molecule has 23 heavy (non-hydrogen) atoms. The Morgan fingerprint density at radius 1 is 1.09 bits per heavy atom. The molecule has 0 aliphatic carbocycles. The number of benzene rings is 2. The highest BCUT2D eigenvalue weighted by Gasteiger charge is 2.20. The van der Waals surface area contributed by atoms with Crippen LogP contribution in [0.5, 0.6) is 5.75 Å². The largest absolute Gasteiger partial charge is 0.489 e. The summed E-state index contributed by atoms with van der Waals surface area (Å²) in [6.45, 7) is 8.22. The maximum absolute atomic E-state index is 11.1. The van der Waals surface area contributed by atoms with Crippen molar-refractivity contribution in [1.82, 2.24) is 0 Å². The van der Waals surface area contributed by atoms with Crippen molar-refractivity contribution in [3.05, 3.63) is 63.7 Å². The van der Waals surface area contributed by atoms with Crippen LogP contribution in [0.1, 0.15) is 39.5 Å². The van der Waals surface area contributed by atoms with Crippen LogP contribution in [0.2, 0.25) is 0 Å². The van der Waals surface area contributed by atoms with Crippen LogP contribution in [0.25, 0.3) is 0 Å². The molecule has 0 heterocycles. The highest BCUT2D eigenvalue weighted by Crippen LogP contribution is 2.25. The number of carboxylic acids is 1. The molecule has 0 spiro atoms. The van der Waals surface area contributed by atoms with E-state index in [1.165, 1.54) is 5.56 Å². The first kappa shape index (κ1) is 17.0. The first-order valence-electron chi connectivity index (χ1n) is 7.51. The number of rotatable bonds is 5. The standard InChI is InChI=1S/C19H22O4/c1-11-6-5-7-16(18(20)19(21)22)17(11)10-23-15-8-12(2)14(4)13(3)9-15/h5-9,18,20H,10H2,1-4H3,(H,21,22). The molecule has 0 aromatic heterocycles. The average Bonchev–Trinajstić information content (AvgIpc) is 2.50. The maximum Gasteiger partial charge on any atom is 0.337 e. The zero-order chi connectivity index (χ0) is 17.1. The minimum Gasteiger partial charge on any atom is -0.489 e. The normalized spacial score (nSPS) is 12.0. The lowest BCUT2D eigenvalue weighted by Gasteiger charge is -2.17. The molecule has 2 N–H and O–H groups in total. The van der Waals surface area contributed by atoms with Crippen LogP contribution in [0.15, 0.2) is 30.3 Å². The van der Waals surface area contributed by atoms with Gasteiger partial charge < -0.3 is 14.9 Å². The van der Waals surface area contributed by atoms with Gasteiger partial charge >= 0.3 is 5.97 Å². The number of aliphatic hydroxyl groups is 1. The molecule has 0 amide bonds. The quantitative estimate of drug-likeness (QED) is 0.884. The number of hydrogen-bond acceptors (Lipinski definition) is 3. The molecule has 0 fully saturated rings. The Hall–Kier alpha value is -2.33. The Bertz CT molecular complexity index is 711. The van der Waals surface area contributed by atoms with E-state index >= 15 is 0 Å². The zero-order valence-electron chi connectivity index (χ0n) is 13.9. The molecular weight excluding hydrogens is 292 g/mol. The van der Waals surface area contributed by atoms with Gasteiger partial charge in [-0.3, -0.25) is 0 Å². The second-order valence-electron chi connectivity index (χ2n) is 5.85. The van der Waals surface area contributed by atoms with E-state index in [0.29, 0.717) is 11.1 Å². The van der Waals surface area contributed by atoms with Gasteiger partial charge in [0.05, 0.1) is 0 Å². The maximum atomic E-state index is 11.1. The van der Waals surface area contributed by atoms with Crippen molar-refractivity contribution in [3.8, 4) is 5.75 Å². The minimum absolute atomic E-state index is 0.217. The summed E-state index contributed by atoms with van der Waals surface area (Å²) < 4.78 is 5.86. The summed E-state index contributed by atoms with van der Waals surface area (Å²) in [5, 5.41) is 18.9. The van der Waals surface area contributed by atoms with Crippen molar-refractivity contribution in [2.75, 3.05) is 0 Å². The van der Waals surface area contributed by atoms with Crippen LogP contribution in [0.3, 0.4) is 0 Å². The lowest BCUT2D eigenvalue weighted by Crippen LogP contribution is -2.14. The fourth-order valence-electron chi connectivity index (χ4n) is 2.55. The first-order chi connectivity index (χ1) is 10.8. The van der Waals surface area contributed by atoms with Crippen LogP contribution < -0.4 is 4.74 Å².